The summed E-state index contributed by atoms with van der Waals surface area (Å²) < 4.78 is 11.5. The lowest BCUT2D eigenvalue weighted by atomic mass is 9.94. The zero-order valence-corrected chi connectivity index (χ0v) is 16.8. The molecule has 2 nitrogen and oxygen atoms in total. The fourth-order valence-electron chi connectivity index (χ4n) is 2.93. The second-order valence-electron chi connectivity index (χ2n) is 6.14. The number of ether oxygens (including phenoxy) is 1. The summed E-state index contributed by atoms with van der Waals surface area (Å²) in [6.07, 6.45) is 1.54. The second kappa shape index (κ2) is 8.65. The Balaban J connectivity index is 1.96. The molecule has 0 fully saturated rings. The van der Waals surface area contributed by atoms with Gasteiger partial charge in [0.2, 0.25) is 0 Å². The number of hydrogen-bond donors (Lipinski definition) is 0. The van der Waals surface area contributed by atoms with Crippen molar-refractivity contribution in [3.05, 3.63) is 101 Å². The highest BCUT2D eigenvalue weighted by atomic mass is 28.2. The molecule has 3 aromatic carbocycles. The molecule has 0 aromatic heterocycles. The first kappa shape index (κ1) is 17.5. The van der Waals surface area contributed by atoms with Crippen LogP contribution in [0.2, 0.25) is 0 Å². The van der Waals surface area contributed by atoms with Crippen LogP contribution in [-0.2, 0) is 17.3 Å². The van der Waals surface area contributed by atoms with Crippen LogP contribution in [-0.4, -0.2) is 16.8 Å². The maximum absolute atomic E-state index is 6.06. The van der Waals surface area contributed by atoms with Gasteiger partial charge in [-0.15, -0.1) is 0 Å². The monoisotopic (exact) mass is 348 g/mol. The molecular formula is C22H24O2Si. The minimum atomic E-state index is -0.215. The molecule has 0 bridgehead atoms. The van der Waals surface area contributed by atoms with Crippen LogP contribution >= 0.6 is 0 Å². The minimum Gasteiger partial charge on any atom is -0.466 e. The van der Waals surface area contributed by atoms with Crippen LogP contribution < -0.4 is 4.74 Å². The molecule has 128 valence electrons. The van der Waals surface area contributed by atoms with E-state index in [4.69, 9.17) is 9.16 Å². The zero-order valence-electron chi connectivity index (χ0n) is 14.8. The van der Waals surface area contributed by atoms with Gasteiger partial charge >= 0.3 is 0 Å². The molecule has 0 heterocycles. The Kier molecular flexibility index (Phi) is 6.04. The lowest BCUT2D eigenvalue weighted by molar-refractivity contribution is 0.0288. The van der Waals surface area contributed by atoms with Gasteiger partial charge in [-0.1, -0.05) is 72.8 Å². The Morgan fingerprint density at radius 3 is 1.96 bits per heavy atom. The van der Waals surface area contributed by atoms with Gasteiger partial charge in [-0.2, -0.15) is 0 Å². The third-order valence-electron chi connectivity index (χ3n) is 4.32. The summed E-state index contributed by atoms with van der Waals surface area (Å²) in [6.45, 7) is 1.95. The molecule has 0 saturated carbocycles. The van der Waals surface area contributed by atoms with E-state index in [-0.39, 0.29) is 6.29 Å². The van der Waals surface area contributed by atoms with Gasteiger partial charge in [-0.25, -0.2) is 0 Å². The van der Waals surface area contributed by atoms with Crippen LogP contribution in [0.25, 0.3) is 0 Å². The predicted molar refractivity (Wildman–Crippen MR) is 106 cm³/mol. The number of hydrogen-bond acceptors (Lipinski definition) is 2. The minimum absolute atomic E-state index is 0.215. The normalized spacial score (nSPS) is 12.0. The first-order chi connectivity index (χ1) is 12.3. The van der Waals surface area contributed by atoms with E-state index < -0.39 is 0 Å². The Morgan fingerprint density at radius 2 is 1.36 bits per heavy atom. The van der Waals surface area contributed by atoms with Crippen LogP contribution in [0.4, 0.5) is 0 Å². The van der Waals surface area contributed by atoms with Gasteiger partial charge < -0.3 is 9.16 Å². The topological polar surface area (TPSA) is 18.5 Å². The summed E-state index contributed by atoms with van der Waals surface area (Å²) >= 11 is 0. The van der Waals surface area contributed by atoms with E-state index in [1.807, 2.05) is 13.0 Å². The first-order valence-corrected chi connectivity index (χ1v) is 9.46. The van der Waals surface area contributed by atoms with Gasteiger partial charge in [0.05, 0.1) is 0 Å². The molecule has 0 aliphatic carbocycles. The standard InChI is InChI=1S/C22H24O2Si/c1-17(24-25)23-22-14-8-13-20(15-18-9-4-2-5-10-18)21(22)16-19-11-6-3-7-12-19/h2-14,17H,15-16H2,1,25H3. The van der Waals surface area contributed by atoms with Crippen LogP contribution in [0.15, 0.2) is 78.9 Å². The van der Waals surface area contributed by atoms with Crippen molar-refractivity contribution >= 4 is 10.5 Å². The molecular weight excluding hydrogens is 324 g/mol. The first-order valence-electron chi connectivity index (χ1n) is 8.64. The summed E-state index contributed by atoms with van der Waals surface area (Å²) in [5.41, 5.74) is 5.13. The molecule has 3 heteroatoms. The van der Waals surface area contributed by atoms with E-state index >= 15 is 0 Å². The lowest BCUT2D eigenvalue weighted by Crippen LogP contribution is -2.16. The molecule has 25 heavy (non-hydrogen) atoms. The summed E-state index contributed by atoms with van der Waals surface area (Å²) in [7, 11) is 0.663. The maximum Gasteiger partial charge on any atom is 0.187 e. The highest BCUT2D eigenvalue weighted by molar-refractivity contribution is 5.98. The highest BCUT2D eigenvalue weighted by Gasteiger charge is 2.13. The van der Waals surface area contributed by atoms with E-state index in [0.717, 1.165) is 18.6 Å². The molecule has 0 spiro atoms. The molecule has 0 saturated heterocycles. The quantitative estimate of drug-likeness (QED) is 0.476. The molecule has 3 rings (SSSR count). The van der Waals surface area contributed by atoms with Crippen molar-refractivity contribution in [1.29, 1.82) is 0 Å². The average Bonchev–Trinajstić information content (AvgIpc) is 2.66. The molecule has 0 aliphatic heterocycles. The van der Waals surface area contributed by atoms with Gasteiger partial charge in [0, 0.05) is 12.0 Å². The third-order valence-corrected chi connectivity index (χ3v) is 4.98. The summed E-state index contributed by atoms with van der Waals surface area (Å²) in [4.78, 5) is 0. The molecule has 0 aliphatic rings. The van der Waals surface area contributed by atoms with Crippen LogP contribution in [0.5, 0.6) is 5.75 Å². The van der Waals surface area contributed by atoms with E-state index in [2.05, 4.69) is 72.8 Å². The summed E-state index contributed by atoms with van der Waals surface area (Å²) in [6, 6.07) is 27.4. The maximum atomic E-state index is 6.06. The van der Waals surface area contributed by atoms with Crippen molar-refractivity contribution in [2.24, 2.45) is 0 Å². The molecule has 0 amide bonds. The Bertz CT molecular complexity index is 788. The van der Waals surface area contributed by atoms with Crippen LogP contribution in [0.1, 0.15) is 29.2 Å². The van der Waals surface area contributed by atoms with Crippen molar-refractivity contribution in [2.75, 3.05) is 0 Å². The van der Waals surface area contributed by atoms with E-state index in [9.17, 15) is 0 Å². The van der Waals surface area contributed by atoms with Crippen molar-refractivity contribution in [3.63, 3.8) is 0 Å². The van der Waals surface area contributed by atoms with Gasteiger partial charge in [-0.3, -0.25) is 0 Å². The fraction of sp³-hybridized carbons (Fsp3) is 0.182. The Labute approximate surface area is 153 Å². The second-order valence-corrected chi connectivity index (χ2v) is 6.61. The van der Waals surface area contributed by atoms with Gasteiger partial charge in [0.15, 0.2) is 16.8 Å². The average molecular weight is 349 g/mol. The Hall–Kier alpha value is -2.36. The SMILES string of the molecule is CC(O[SiH3])Oc1cccc(Cc2ccccc2)c1Cc1ccccc1. The van der Waals surface area contributed by atoms with E-state index in [1.54, 1.807) is 0 Å². The third kappa shape index (κ3) is 4.81. The van der Waals surface area contributed by atoms with Crippen molar-refractivity contribution < 1.29 is 9.16 Å². The highest BCUT2D eigenvalue weighted by Crippen LogP contribution is 2.28. The van der Waals surface area contributed by atoms with E-state index in [1.165, 1.54) is 22.3 Å². The molecule has 0 radical (unpaired) electrons. The van der Waals surface area contributed by atoms with Gasteiger partial charge in [-0.05, 0) is 36.1 Å². The predicted octanol–water partition coefficient (Wildman–Crippen LogP) is 3.89. The summed E-state index contributed by atoms with van der Waals surface area (Å²) in [5.74, 6) is 0.917. The smallest absolute Gasteiger partial charge is 0.187 e. The number of benzene rings is 3. The van der Waals surface area contributed by atoms with E-state index in [0.29, 0.717) is 10.5 Å². The fourth-order valence-corrected chi connectivity index (χ4v) is 3.03. The molecule has 3 aromatic rings. The molecule has 1 atom stereocenters. The van der Waals surface area contributed by atoms with Gasteiger partial charge in [0.1, 0.15) is 5.75 Å². The Morgan fingerprint density at radius 1 is 0.760 bits per heavy atom. The molecule has 0 N–H and O–H groups in total. The van der Waals surface area contributed by atoms with Crippen molar-refractivity contribution in [2.45, 2.75) is 26.1 Å². The largest absolute Gasteiger partial charge is 0.466 e. The lowest BCUT2D eigenvalue weighted by Gasteiger charge is -2.19. The van der Waals surface area contributed by atoms with Crippen molar-refractivity contribution in [3.8, 4) is 5.75 Å². The summed E-state index contributed by atoms with van der Waals surface area (Å²) in [5, 5.41) is 0. The van der Waals surface area contributed by atoms with Crippen LogP contribution in [0, 0.1) is 0 Å². The molecule has 1 unspecified atom stereocenters. The number of rotatable bonds is 7. The van der Waals surface area contributed by atoms with Crippen LogP contribution in [0.3, 0.4) is 0 Å². The van der Waals surface area contributed by atoms with Crippen molar-refractivity contribution in [1.82, 2.24) is 0 Å². The zero-order chi connectivity index (χ0) is 17.5. The van der Waals surface area contributed by atoms with Gasteiger partial charge in [0.25, 0.3) is 0 Å².